The quantitative estimate of drug-likeness (QED) is 0.922. The average Bonchev–Trinajstić information content (AvgIpc) is 2.91. The lowest BCUT2D eigenvalue weighted by Gasteiger charge is -2.11. The van der Waals surface area contributed by atoms with Gasteiger partial charge in [0, 0.05) is 28.6 Å². The molecule has 0 radical (unpaired) electrons. The third-order valence-corrected chi connectivity index (χ3v) is 4.33. The van der Waals surface area contributed by atoms with Crippen LogP contribution in [0.3, 0.4) is 0 Å². The predicted octanol–water partition coefficient (Wildman–Crippen LogP) is 4.07. The molecule has 104 valence electrons. The second-order valence-electron chi connectivity index (χ2n) is 5.42. The molecular weight excluding hydrogens is 314 g/mol. The molecule has 1 aliphatic carbocycles. The average molecular weight is 332 g/mol. The third-order valence-electron chi connectivity index (χ3n) is 3.84. The van der Waals surface area contributed by atoms with Crippen molar-refractivity contribution in [3.8, 4) is 0 Å². The number of hydrogen-bond acceptors (Lipinski definition) is 3. The first kappa shape index (κ1) is 13.6. The number of hydrogen-bond donors (Lipinski definition) is 1. The Morgan fingerprint density at radius 3 is 2.70 bits per heavy atom. The van der Waals surface area contributed by atoms with Crippen molar-refractivity contribution in [1.29, 1.82) is 0 Å². The van der Waals surface area contributed by atoms with Gasteiger partial charge in [-0.25, -0.2) is 9.97 Å². The van der Waals surface area contributed by atoms with E-state index in [1.54, 1.807) is 0 Å². The summed E-state index contributed by atoms with van der Waals surface area (Å²) in [6.07, 6.45) is 5.79. The number of nitrogens with zero attached hydrogens (tertiary/aromatic N) is 2. The van der Waals surface area contributed by atoms with Crippen LogP contribution >= 0.6 is 15.9 Å². The highest BCUT2D eigenvalue weighted by Gasteiger charge is 2.19. The first-order chi connectivity index (χ1) is 9.70. The van der Waals surface area contributed by atoms with Crippen LogP contribution < -0.4 is 5.73 Å². The van der Waals surface area contributed by atoms with E-state index in [9.17, 15) is 0 Å². The van der Waals surface area contributed by atoms with Crippen molar-refractivity contribution in [2.24, 2.45) is 0 Å². The Morgan fingerprint density at radius 2 is 1.95 bits per heavy atom. The molecule has 2 N–H and O–H groups in total. The Hall–Kier alpha value is -1.42. The van der Waals surface area contributed by atoms with E-state index in [2.05, 4.69) is 33.0 Å². The topological polar surface area (TPSA) is 51.8 Å². The van der Waals surface area contributed by atoms with Gasteiger partial charge in [0.15, 0.2) is 0 Å². The fraction of sp³-hybridized carbons (Fsp3) is 0.375. The Morgan fingerprint density at radius 1 is 1.15 bits per heavy atom. The van der Waals surface area contributed by atoms with Crippen molar-refractivity contribution < 1.29 is 0 Å². The summed E-state index contributed by atoms with van der Waals surface area (Å²) in [5.74, 6) is 1.98. The third kappa shape index (κ3) is 3.18. The lowest BCUT2D eigenvalue weighted by molar-refractivity contribution is 0.687. The van der Waals surface area contributed by atoms with Gasteiger partial charge in [-0.15, -0.1) is 0 Å². The van der Waals surface area contributed by atoms with Gasteiger partial charge in [0.1, 0.15) is 11.6 Å². The molecule has 0 aliphatic heterocycles. The van der Waals surface area contributed by atoms with Crippen LogP contribution in [0.1, 0.15) is 48.7 Å². The molecule has 0 atom stereocenters. The molecule has 20 heavy (non-hydrogen) atoms. The molecule has 3 rings (SSSR count). The molecular formula is C16H18BrN3. The van der Waals surface area contributed by atoms with Gasteiger partial charge in [0.25, 0.3) is 0 Å². The summed E-state index contributed by atoms with van der Waals surface area (Å²) in [6.45, 7) is 0. The van der Waals surface area contributed by atoms with Gasteiger partial charge in [0.05, 0.1) is 0 Å². The van der Waals surface area contributed by atoms with Crippen LogP contribution in [0, 0.1) is 0 Å². The molecule has 2 aromatic rings. The van der Waals surface area contributed by atoms with Crippen molar-refractivity contribution >= 4 is 21.7 Å². The van der Waals surface area contributed by atoms with Crippen molar-refractivity contribution in [3.05, 3.63) is 51.9 Å². The van der Waals surface area contributed by atoms with E-state index in [1.807, 2.05) is 18.2 Å². The first-order valence-corrected chi connectivity index (χ1v) is 7.88. The van der Waals surface area contributed by atoms with Gasteiger partial charge >= 0.3 is 0 Å². The summed E-state index contributed by atoms with van der Waals surface area (Å²) < 4.78 is 1.08. The van der Waals surface area contributed by atoms with Gasteiger partial charge in [0.2, 0.25) is 0 Å². The van der Waals surface area contributed by atoms with E-state index in [4.69, 9.17) is 10.7 Å². The van der Waals surface area contributed by atoms with Gasteiger partial charge < -0.3 is 5.73 Å². The molecule has 4 heteroatoms. The number of benzene rings is 1. The summed E-state index contributed by atoms with van der Waals surface area (Å²) in [5.41, 5.74) is 8.27. The largest absolute Gasteiger partial charge is 0.384 e. The lowest BCUT2D eigenvalue weighted by Crippen LogP contribution is -2.06. The first-order valence-electron chi connectivity index (χ1n) is 7.08. The Labute approximate surface area is 127 Å². The van der Waals surface area contributed by atoms with Crippen LogP contribution in [-0.4, -0.2) is 9.97 Å². The zero-order valence-corrected chi connectivity index (χ0v) is 12.9. The van der Waals surface area contributed by atoms with Crippen LogP contribution in [-0.2, 0) is 6.42 Å². The van der Waals surface area contributed by atoms with Gasteiger partial charge in [-0.2, -0.15) is 0 Å². The van der Waals surface area contributed by atoms with Crippen LogP contribution in [0.5, 0.6) is 0 Å². The van der Waals surface area contributed by atoms with Crippen molar-refractivity contribution in [2.75, 3.05) is 5.73 Å². The maximum absolute atomic E-state index is 5.95. The normalized spacial score (nSPS) is 15.7. The van der Waals surface area contributed by atoms with Gasteiger partial charge in [-0.1, -0.05) is 40.9 Å². The molecule has 1 heterocycles. The Balaban J connectivity index is 1.85. The Kier molecular flexibility index (Phi) is 4.01. The molecule has 0 amide bonds. The summed E-state index contributed by atoms with van der Waals surface area (Å²) in [7, 11) is 0. The minimum atomic E-state index is 0.571. The molecule has 0 saturated heterocycles. The molecule has 1 fully saturated rings. The summed E-state index contributed by atoms with van der Waals surface area (Å²) in [4.78, 5) is 9.12. The van der Waals surface area contributed by atoms with Crippen LogP contribution in [0.2, 0.25) is 0 Å². The second kappa shape index (κ2) is 5.92. The maximum Gasteiger partial charge on any atom is 0.135 e. The van der Waals surface area contributed by atoms with E-state index in [-0.39, 0.29) is 0 Å². The smallest absolute Gasteiger partial charge is 0.135 e. The monoisotopic (exact) mass is 331 g/mol. The second-order valence-corrected chi connectivity index (χ2v) is 6.34. The van der Waals surface area contributed by atoms with Crippen molar-refractivity contribution in [2.45, 2.75) is 38.0 Å². The fourth-order valence-electron chi connectivity index (χ4n) is 2.88. The fourth-order valence-corrected chi connectivity index (χ4v) is 3.33. The van der Waals surface area contributed by atoms with E-state index < -0.39 is 0 Å². The molecule has 3 nitrogen and oxygen atoms in total. The molecule has 0 bridgehead atoms. The van der Waals surface area contributed by atoms with Gasteiger partial charge in [-0.3, -0.25) is 0 Å². The zero-order chi connectivity index (χ0) is 13.9. The predicted molar refractivity (Wildman–Crippen MR) is 84.6 cm³/mol. The summed E-state index contributed by atoms with van der Waals surface area (Å²) >= 11 is 3.49. The van der Waals surface area contributed by atoms with E-state index in [1.165, 1.54) is 31.2 Å². The number of rotatable bonds is 3. The minimum Gasteiger partial charge on any atom is -0.384 e. The maximum atomic E-state index is 5.95. The molecule has 0 spiro atoms. The molecule has 0 unspecified atom stereocenters. The lowest BCUT2D eigenvalue weighted by atomic mass is 10.0. The SMILES string of the molecule is Nc1cc(C2CCCC2)nc(Cc2cccc(Br)c2)n1. The van der Waals surface area contributed by atoms with Crippen LogP contribution in [0.25, 0.3) is 0 Å². The number of halogens is 1. The van der Waals surface area contributed by atoms with Crippen LogP contribution in [0.15, 0.2) is 34.8 Å². The number of nitrogens with two attached hydrogens (primary N) is 1. The molecule has 1 aliphatic rings. The number of anilines is 1. The summed E-state index contributed by atoms with van der Waals surface area (Å²) in [5, 5.41) is 0. The number of aromatic nitrogens is 2. The van der Waals surface area contributed by atoms with E-state index in [0.717, 1.165) is 22.4 Å². The van der Waals surface area contributed by atoms with Crippen molar-refractivity contribution in [3.63, 3.8) is 0 Å². The highest BCUT2D eigenvalue weighted by atomic mass is 79.9. The Bertz CT molecular complexity index is 606. The van der Waals surface area contributed by atoms with Gasteiger partial charge in [-0.05, 0) is 30.5 Å². The highest BCUT2D eigenvalue weighted by molar-refractivity contribution is 9.10. The standard InChI is InChI=1S/C16H18BrN3/c17-13-7-3-4-11(8-13)9-16-19-14(10-15(18)20-16)12-5-1-2-6-12/h3-4,7-8,10,12H,1-2,5-6,9H2,(H2,18,19,20). The molecule has 1 aromatic heterocycles. The minimum absolute atomic E-state index is 0.571. The van der Waals surface area contributed by atoms with E-state index in [0.29, 0.717) is 11.7 Å². The van der Waals surface area contributed by atoms with Crippen LogP contribution in [0.4, 0.5) is 5.82 Å². The van der Waals surface area contributed by atoms with Crippen molar-refractivity contribution in [1.82, 2.24) is 9.97 Å². The zero-order valence-electron chi connectivity index (χ0n) is 11.3. The summed E-state index contributed by atoms with van der Waals surface area (Å²) in [6, 6.07) is 10.2. The molecule has 1 aromatic carbocycles. The van der Waals surface area contributed by atoms with E-state index >= 15 is 0 Å². The number of nitrogen functional groups attached to an aromatic ring is 1. The molecule has 1 saturated carbocycles. The highest BCUT2D eigenvalue weighted by Crippen LogP contribution is 2.33.